The maximum absolute atomic E-state index is 12.5. The monoisotopic (exact) mass is 977 g/mol. The van der Waals surface area contributed by atoms with Gasteiger partial charge in [-0.05, 0) is 55.8 Å². The predicted octanol–water partition coefficient (Wildman–Crippen LogP) is 2.48. The van der Waals surface area contributed by atoms with E-state index < -0.39 is 30.7 Å². The Kier molecular flexibility index (Phi) is 20.0. The number of halogens is 4. The van der Waals surface area contributed by atoms with Crippen molar-refractivity contribution < 1.29 is 103 Å². The van der Waals surface area contributed by atoms with Crippen LogP contribution in [0.25, 0.3) is 33.2 Å². The van der Waals surface area contributed by atoms with Crippen LogP contribution in [-0.4, -0.2) is 127 Å². The van der Waals surface area contributed by atoms with Crippen molar-refractivity contribution in [3.63, 3.8) is 0 Å². The van der Waals surface area contributed by atoms with E-state index >= 15 is 0 Å². The van der Waals surface area contributed by atoms with E-state index in [1.807, 2.05) is 67.3 Å². The number of aryl methyl sites for hydroxylation is 2. The molecular weight excluding hydrogens is 933 g/mol. The number of esters is 2. The first-order valence-corrected chi connectivity index (χ1v) is 21.0. The zero-order valence-corrected chi connectivity index (χ0v) is 42.2. The van der Waals surface area contributed by atoms with Crippen LogP contribution in [0.2, 0.25) is 5.28 Å². The van der Waals surface area contributed by atoms with Gasteiger partial charge in [-0.15, -0.1) is 5.92 Å². The number of hydrogen-bond acceptors (Lipinski definition) is 11. The van der Waals surface area contributed by atoms with Gasteiger partial charge < -0.3 is 38.6 Å². The number of rotatable bonds is 5. The molecule has 2 aliphatic heterocycles. The van der Waals surface area contributed by atoms with E-state index in [2.05, 4.69) is 44.7 Å². The SMILES string of the molecule is CCOC(=O)c1nc(-c2cccc(C#C[C@]3(O)CCN(C)C3=O)c2)cc2c1ccn2C.CCOC(=O)c1nc(Cl)nc2c1ccn2C.CN1CC[C@@](O)(C#Cc2c[c-]ccc2)C1=O.FB(F)F.[K+]. The summed E-state index contributed by atoms with van der Waals surface area (Å²) in [6, 6.07) is 22.9. The Labute approximate surface area is 438 Å². The van der Waals surface area contributed by atoms with Crippen LogP contribution in [0.4, 0.5) is 12.9 Å². The quantitative estimate of drug-likeness (QED) is 0.0852. The van der Waals surface area contributed by atoms with Crippen molar-refractivity contribution in [2.45, 2.75) is 37.9 Å². The minimum Gasteiger partial charge on any atom is -0.461 e. The van der Waals surface area contributed by atoms with Crippen LogP contribution in [0.15, 0.2) is 79.1 Å². The summed E-state index contributed by atoms with van der Waals surface area (Å²) >= 11 is 5.75. The summed E-state index contributed by atoms with van der Waals surface area (Å²) in [5.41, 5.74) is 1.54. The summed E-state index contributed by atoms with van der Waals surface area (Å²) in [6.07, 6.45) is 4.31. The van der Waals surface area contributed by atoms with Crippen LogP contribution in [0.3, 0.4) is 0 Å². The van der Waals surface area contributed by atoms with Crippen molar-refractivity contribution in [2.75, 3.05) is 40.4 Å². The molecule has 0 bridgehead atoms. The summed E-state index contributed by atoms with van der Waals surface area (Å²) in [5.74, 6) is 9.44. The van der Waals surface area contributed by atoms with Crippen molar-refractivity contribution in [2.24, 2.45) is 14.1 Å². The summed E-state index contributed by atoms with van der Waals surface area (Å²) in [6.45, 7) is 5.08. The summed E-state index contributed by atoms with van der Waals surface area (Å²) in [5, 5.41) is 21.9. The number of fused-ring (bicyclic) bond motifs is 2. The zero-order valence-electron chi connectivity index (χ0n) is 38.3. The second-order valence-electron chi connectivity index (χ2n) is 15.0. The first kappa shape index (κ1) is 55.1. The van der Waals surface area contributed by atoms with E-state index in [1.165, 1.54) is 9.80 Å². The molecule has 348 valence electrons. The topological polar surface area (TPSA) is 182 Å². The molecule has 2 aromatic carbocycles. The van der Waals surface area contributed by atoms with E-state index in [-0.39, 0.29) is 92.9 Å². The Morgan fingerprint density at radius 3 is 1.84 bits per heavy atom. The number of likely N-dealkylation sites (tertiary alicyclic amines) is 2. The number of nitrogens with zero attached hydrogens (tertiary/aromatic N) is 7. The van der Waals surface area contributed by atoms with Gasteiger partial charge in [-0.3, -0.25) is 22.5 Å². The van der Waals surface area contributed by atoms with Gasteiger partial charge in [0.25, 0.3) is 11.8 Å². The van der Waals surface area contributed by atoms with E-state index in [4.69, 9.17) is 21.1 Å². The van der Waals surface area contributed by atoms with E-state index in [9.17, 15) is 42.3 Å². The third-order valence-corrected chi connectivity index (χ3v) is 10.4. The van der Waals surface area contributed by atoms with Crippen molar-refractivity contribution in [3.05, 3.63) is 113 Å². The van der Waals surface area contributed by atoms with E-state index in [0.29, 0.717) is 48.4 Å². The molecule has 68 heavy (non-hydrogen) atoms. The second kappa shape index (κ2) is 24.6. The van der Waals surface area contributed by atoms with E-state index in [0.717, 1.165) is 22.0 Å². The largest absolute Gasteiger partial charge is 1.00 e. The van der Waals surface area contributed by atoms with Crippen LogP contribution in [-0.2, 0) is 33.2 Å². The molecule has 0 spiro atoms. The van der Waals surface area contributed by atoms with Crippen molar-refractivity contribution in [1.82, 2.24) is 33.9 Å². The predicted molar refractivity (Wildman–Crippen MR) is 244 cm³/mol. The van der Waals surface area contributed by atoms with Gasteiger partial charge in [-0.2, -0.15) is 35.3 Å². The van der Waals surface area contributed by atoms with Gasteiger partial charge in [0.2, 0.25) is 16.5 Å². The Morgan fingerprint density at radius 1 is 0.779 bits per heavy atom. The normalized spacial score (nSPS) is 16.9. The first-order valence-electron chi connectivity index (χ1n) is 20.6. The maximum Gasteiger partial charge on any atom is 1.00 e. The number of carbonyl (C=O) groups excluding carboxylic acids is 4. The molecule has 2 amide bonds. The Bertz CT molecular complexity index is 2920. The summed E-state index contributed by atoms with van der Waals surface area (Å²) < 4.78 is 42.8. The molecule has 2 saturated heterocycles. The van der Waals surface area contributed by atoms with Gasteiger partial charge in [-0.1, -0.05) is 35.5 Å². The molecule has 2 N–H and O–H groups in total. The molecule has 2 fully saturated rings. The van der Waals surface area contributed by atoms with Gasteiger partial charge >= 0.3 is 70.9 Å². The molecule has 0 aliphatic carbocycles. The van der Waals surface area contributed by atoms with Gasteiger partial charge in [0.1, 0.15) is 5.65 Å². The van der Waals surface area contributed by atoms with Crippen molar-refractivity contribution in [3.8, 4) is 34.9 Å². The fourth-order valence-corrected chi connectivity index (χ4v) is 6.92. The summed E-state index contributed by atoms with van der Waals surface area (Å²) in [4.78, 5) is 63.4. The molecule has 0 saturated carbocycles. The number of ether oxygens (including phenoxy) is 2. The van der Waals surface area contributed by atoms with Crippen LogP contribution >= 0.6 is 11.6 Å². The average molecular weight is 978 g/mol. The number of aliphatic hydroxyl groups is 2. The van der Waals surface area contributed by atoms with Crippen LogP contribution in [0.1, 0.15) is 58.8 Å². The number of hydrogen-bond donors (Lipinski definition) is 2. The molecule has 2 atom stereocenters. The Hall–Kier alpha value is -5.55. The number of likely N-dealkylation sites (N-methyl/N-ethyl adjacent to an activating group) is 2. The molecule has 6 heterocycles. The smallest absolute Gasteiger partial charge is 0.461 e. The van der Waals surface area contributed by atoms with Gasteiger partial charge in [0.05, 0.1) is 29.8 Å². The number of amides is 2. The Balaban J connectivity index is 0.000000230. The van der Waals surface area contributed by atoms with Crippen molar-refractivity contribution in [1.29, 1.82) is 0 Å². The van der Waals surface area contributed by atoms with E-state index in [1.54, 1.807) is 63.0 Å². The third-order valence-electron chi connectivity index (χ3n) is 10.2. The van der Waals surface area contributed by atoms with Gasteiger partial charge in [-0.25, -0.2) is 19.6 Å². The fraction of sp³-hybridized carbons (Fsp3) is 0.298. The standard InChI is InChI=1S/C24H23N3O4.C13H12NO2.C10H10ClN3O2.BF3.K/c1-4-31-22(28)21-18-9-12-26(2)20(18)15-19(25-21)17-7-5-6-16(14-17)8-10-24(30)11-13-27(3)23(24)29;1-14-10-9-13(16,12(14)15)8-7-11-5-3-2-4-6-11;1-3-16-9(15)7-6-4-5-14(2)8(6)13-10(11)12-7;2-1(3)4;/h5-7,9,12,14-15,30H,4,11,13H2,1-3H3;2-3,5-6,16H,9-10H2,1H3;4-5H,3H2,1-2H3;;/q;-1;;;+1/t24-;13-;;;/m00.../s1. The summed E-state index contributed by atoms with van der Waals surface area (Å²) in [7, 11) is 3.37. The molecule has 15 nitrogen and oxygen atoms in total. The average Bonchev–Trinajstić information content (AvgIpc) is 4.03. The van der Waals surface area contributed by atoms with Gasteiger partial charge in [0, 0.05) is 83.0 Å². The molecule has 6 aromatic rings. The van der Waals surface area contributed by atoms with Crippen LogP contribution < -0.4 is 51.4 Å². The third kappa shape index (κ3) is 13.8. The van der Waals surface area contributed by atoms with Gasteiger partial charge in [0.15, 0.2) is 11.4 Å². The minimum atomic E-state index is -3.67. The number of pyridine rings is 1. The van der Waals surface area contributed by atoms with Crippen LogP contribution in [0.5, 0.6) is 0 Å². The molecule has 0 unspecified atom stereocenters. The molecular formula is C47H45BClF3KN7O8. The molecule has 4 aromatic heterocycles. The zero-order chi connectivity index (χ0) is 49.1. The van der Waals surface area contributed by atoms with Crippen molar-refractivity contribution >= 4 is 64.8 Å². The number of benzene rings is 2. The number of aromatic nitrogens is 5. The van der Waals surface area contributed by atoms with Crippen LogP contribution in [0, 0.1) is 29.7 Å². The second-order valence-corrected chi connectivity index (χ2v) is 15.3. The molecule has 0 radical (unpaired) electrons. The number of carbonyl (C=O) groups is 4. The maximum atomic E-state index is 12.5. The fourth-order valence-electron chi connectivity index (χ4n) is 6.75. The first-order chi connectivity index (χ1) is 31.8. The molecule has 21 heteroatoms. The molecule has 8 rings (SSSR count). The molecule has 2 aliphatic rings. The minimum absolute atomic E-state index is 0. The Morgan fingerprint density at radius 2 is 1.31 bits per heavy atom.